The zero-order valence-electron chi connectivity index (χ0n) is 20.5. The van der Waals surface area contributed by atoms with Crippen molar-refractivity contribution in [3.63, 3.8) is 0 Å². The van der Waals surface area contributed by atoms with E-state index in [1.807, 2.05) is 56.3 Å². The third-order valence-corrected chi connectivity index (χ3v) is 6.93. The van der Waals surface area contributed by atoms with Gasteiger partial charge in [-0.3, -0.25) is 9.13 Å². The summed E-state index contributed by atoms with van der Waals surface area (Å²) < 4.78 is 38.9. The molecule has 0 aliphatic rings. The maximum atomic E-state index is 13.5. The van der Waals surface area contributed by atoms with E-state index in [0.29, 0.717) is 29.1 Å². The SMILES string of the molecule is CCOc1nc(C(CS(C)(=O)=O)n2c(=O)n(C)c3cc(-c4ccccc4C)ccc32)ccc1OC. The first-order chi connectivity index (χ1) is 16.6. The summed E-state index contributed by atoms with van der Waals surface area (Å²) in [6.45, 7) is 4.22. The van der Waals surface area contributed by atoms with E-state index in [0.717, 1.165) is 22.9 Å². The van der Waals surface area contributed by atoms with Gasteiger partial charge in [-0.1, -0.05) is 30.3 Å². The second-order valence-electron chi connectivity index (χ2n) is 8.51. The van der Waals surface area contributed by atoms with Crippen molar-refractivity contribution < 1.29 is 17.9 Å². The van der Waals surface area contributed by atoms with Gasteiger partial charge in [0, 0.05) is 13.3 Å². The molecule has 0 N–H and O–H groups in total. The number of fused-ring (bicyclic) bond motifs is 1. The van der Waals surface area contributed by atoms with Crippen molar-refractivity contribution in [1.82, 2.24) is 14.1 Å². The van der Waals surface area contributed by atoms with Gasteiger partial charge in [-0.25, -0.2) is 18.2 Å². The summed E-state index contributed by atoms with van der Waals surface area (Å²) in [7, 11) is -0.278. The van der Waals surface area contributed by atoms with E-state index in [1.165, 1.54) is 11.7 Å². The Labute approximate surface area is 204 Å². The number of ether oxygens (including phenoxy) is 2. The number of rotatable bonds is 8. The molecule has 0 aliphatic carbocycles. The molecule has 1 unspecified atom stereocenters. The number of aromatic nitrogens is 3. The lowest BCUT2D eigenvalue weighted by Crippen LogP contribution is -2.31. The Morgan fingerprint density at radius 3 is 2.46 bits per heavy atom. The Morgan fingerprint density at radius 2 is 1.80 bits per heavy atom. The number of benzene rings is 2. The van der Waals surface area contributed by atoms with Crippen LogP contribution in [0.25, 0.3) is 22.2 Å². The summed E-state index contributed by atoms with van der Waals surface area (Å²) in [6.07, 6.45) is 1.15. The predicted octanol–water partition coefficient (Wildman–Crippen LogP) is 3.75. The molecule has 8 nitrogen and oxygen atoms in total. The van der Waals surface area contributed by atoms with Crippen molar-refractivity contribution in [2.45, 2.75) is 19.9 Å². The van der Waals surface area contributed by atoms with Crippen molar-refractivity contribution in [3.8, 4) is 22.8 Å². The van der Waals surface area contributed by atoms with Gasteiger partial charge in [-0.15, -0.1) is 0 Å². The zero-order chi connectivity index (χ0) is 25.3. The van der Waals surface area contributed by atoms with Gasteiger partial charge in [0.05, 0.1) is 42.2 Å². The van der Waals surface area contributed by atoms with Crippen LogP contribution >= 0.6 is 0 Å². The van der Waals surface area contributed by atoms with E-state index in [2.05, 4.69) is 4.98 Å². The smallest absolute Gasteiger partial charge is 0.329 e. The van der Waals surface area contributed by atoms with E-state index in [4.69, 9.17) is 9.47 Å². The van der Waals surface area contributed by atoms with Gasteiger partial charge in [-0.05, 0) is 54.8 Å². The van der Waals surface area contributed by atoms with Gasteiger partial charge in [0.15, 0.2) is 5.75 Å². The molecule has 0 radical (unpaired) electrons. The third-order valence-electron chi connectivity index (χ3n) is 6.01. The van der Waals surface area contributed by atoms with E-state index in [1.54, 1.807) is 23.7 Å². The predicted molar refractivity (Wildman–Crippen MR) is 137 cm³/mol. The Morgan fingerprint density at radius 1 is 1.06 bits per heavy atom. The lowest BCUT2D eigenvalue weighted by atomic mass is 10.0. The van der Waals surface area contributed by atoms with Crippen LogP contribution in [0.1, 0.15) is 24.2 Å². The maximum absolute atomic E-state index is 13.5. The number of sulfone groups is 1. The standard InChI is InChI=1S/C26H29N3O5S/c1-6-34-25-24(33-4)14-12-20(27-25)23(16-35(5,31)32)29-21-13-11-18(15-22(21)28(3)26(29)30)19-10-8-7-9-17(19)2/h7-15,23H,6,16H2,1-5H3. The molecule has 2 aromatic heterocycles. The van der Waals surface area contributed by atoms with Gasteiger partial charge in [0.1, 0.15) is 9.84 Å². The summed E-state index contributed by atoms with van der Waals surface area (Å²) >= 11 is 0. The van der Waals surface area contributed by atoms with Crippen LogP contribution in [0.15, 0.2) is 59.4 Å². The van der Waals surface area contributed by atoms with Crippen LogP contribution in [-0.2, 0) is 16.9 Å². The number of aryl methyl sites for hydroxylation is 2. The molecule has 9 heteroatoms. The second-order valence-corrected chi connectivity index (χ2v) is 10.7. The normalized spacial score (nSPS) is 12.6. The lowest BCUT2D eigenvalue weighted by Gasteiger charge is -2.19. The molecule has 0 spiro atoms. The van der Waals surface area contributed by atoms with Crippen LogP contribution in [-0.4, -0.2) is 48.3 Å². The van der Waals surface area contributed by atoms with Gasteiger partial charge >= 0.3 is 5.69 Å². The van der Waals surface area contributed by atoms with E-state index >= 15 is 0 Å². The van der Waals surface area contributed by atoms with Crippen molar-refractivity contribution in [3.05, 3.63) is 76.3 Å². The Balaban J connectivity index is 1.94. The van der Waals surface area contributed by atoms with Crippen LogP contribution < -0.4 is 15.2 Å². The number of imidazole rings is 1. The molecule has 0 bridgehead atoms. The molecule has 0 fully saturated rings. The minimum Gasteiger partial charge on any atom is -0.491 e. The van der Waals surface area contributed by atoms with Crippen LogP contribution in [0.4, 0.5) is 0 Å². The highest BCUT2D eigenvalue weighted by atomic mass is 32.2. The van der Waals surface area contributed by atoms with Crippen LogP contribution in [0.3, 0.4) is 0 Å². The van der Waals surface area contributed by atoms with Crippen molar-refractivity contribution in [2.75, 3.05) is 25.7 Å². The number of nitrogens with zero attached hydrogens (tertiary/aromatic N) is 3. The highest BCUT2D eigenvalue weighted by Crippen LogP contribution is 2.31. The van der Waals surface area contributed by atoms with Crippen molar-refractivity contribution in [2.24, 2.45) is 7.05 Å². The quantitative estimate of drug-likeness (QED) is 0.370. The molecular weight excluding hydrogens is 466 g/mol. The summed E-state index contributed by atoms with van der Waals surface area (Å²) in [5, 5.41) is 0. The van der Waals surface area contributed by atoms with E-state index in [9.17, 15) is 13.2 Å². The highest BCUT2D eigenvalue weighted by Gasteiger charge is 2.27. The number of hydrogen-bond donors (Lipinski definition) is 0. The number of methoxy groups -OCH3 is 1. The third kappa shape index (κ3) is 4.81. The van der Waals surface area contributed by atoms with Gasteiger partial charge < -0.3 is 9.47 Å². The first-order valence-corrected chi connectivity index (χ1v) is 13.3. The average molecular weight is 496 g/mol. The Bertz CT molecular complexity index is 1550. The van der Waals surface area contributed by atoms with Crippen molar-refractivity contribution in [1.29, 1.82) is 0 Å². The molecule has 2 heterocycles. The first-order valence-electron chi connectivity index (χ1n) is 11.3. The molecule has 0 saturated carbocycles. The molecule has 0 amide bonds. The van der Waals surface area contributed by atoms with Crippen LogP contribution in [0.2, 0.25) is 0 Å². The lowest BCUT2D eigenvalue weighted by molar-refractivity contribution is 0.296. The minimum absolute atomic E-state index is 0.251. The largest absolute Gasteiger partial charge is 0.491 e. The molecule has 2 aromatic carbocycles. The summed E-state index contributed by atoms with van der Waals surface area (Å²) in [6, 6.07) is 16.3. The minimum atomic E-state index is -3.47. The average Bonchev–Trinajstić information content (AvgIpc) is 3.07. The van der Waals surface area contributed by atoms with Crippen LogP contribution in [0.5, 0.6) is 11.6 Å². The van der Waals surface area contributed by atoms with Crippen LogP contribution in [0, 0.1) is 6.92 Å². The summed E-state index contributed by atoms with van der Waals surface area (Å²) in [5.41, 5.74) is 4.57. The molecule has 184 valence electrons. The summed E-state index contributed by atoms with van der Waals surface area (Å²) in [4.78, 5) is 18.0. The fourth-order valence-electron chi connectivity index (χ4n) is 4.33. The molecule has 35 heavy (non-hydrogen) atoms. The van der Waals surface area contributed by atoms with Gasteiger partial charge in [0.2, 0.25) is 0 Å². The number of pyridine rings is 1. The fourth-order valence-corrected chi connectivity index (χ4v) is 5.22. The van der Waals surface area contributed by atoms with E-state index in [-0.39, 0.29) is 17.3 Å². The molecule has 4 aromatic rings. The molecule has 0 saturated heterocycles. The van der Waals surface area contributed by atoms with Gasteiger partial charge in [-0.2, -0.15) is 0 Å². The fraction of sp³-hybridized carbons (Fsp3) is 0.308. The maximum Gasteiger partial charge on any atom is 0.329 e. The first kappa shape index (κ1) is 24.5. The van der Waals surface area contributed by atoms with Gasteiger partial charge in [0.25, 0.3) is 5.88 Å². The monoisotopic (exact) mass is 495 g/mol. The Kier molecular flexibility index (Phi) is 6.71. The van der Waals surface area contributed by atoms with E-state index < -0.39 is 15.9 Å². The second kappa shape index (κ2) is 9.58. The summed E-state index contributed by atoms with van der Waals surface area (Å²) in [5.74, 6) is 0.388. The molecule has 1 atom stereocenters. The molecular formula is C26H29N3O5S. The topological polar surface area (TPSA) is 92.4 Å². The number of hydrogen-bond acceptors (Lipinski definition) is 6. The zero-order valence-corrected chi connectivity index (χ0v) is 21.3. The highest BCUT2D eigenvalue weighted by molar-refractivity contribution is 7.90. The molecule has 0 aliphatic heterocycles. The Hall–Kier alpha value is -3.59. The molecule has 4 rings (SSSR count). The van der Waals surface area contributed by atoms with Crippen molar-refractivity contribution >= 4 is 20.9 Å².